The van der Waals surface area contributed by atoms with Crippen molar-refractivity contribution in [1.82, 2.24) is 10.6 Å². The van der Waals surface area contributed by atoms with Crippen LogP contribution in [-0.4, -0.2) is 18.4 Å². The third-order valence-corrected chi connectivity index (χ3v) is 5.71. The summed E-state index contributed by atoms with van der Waals surface area (Å²) in [5, 5.41) is 7.78. The van der Waals surface area contributed by atoms with Gasteiger partial charge in [0, 0.05) is 23.8 Å². The molecule has 5 nitrogen and oxygen atoms in total. The predicted octanol–water partition coefficient (Wildman–Crippen LogP) is 3.22. The Balaban J connectivity index is 1.61. The average Bonchev–Trinajstić information content (AvgIpc) is 3.32. The highest BCUT2D eigenvalue weighted by Gasteiger charge is 2.37. The molecule has 128 valence electrons. The highest BCUT2D eigenvalue weighted by molar-refractivity contribution is 7.10. The molecular weight excluding hydrogens is 324 g/mol. The monoisotopic (exact) mass is 346 g/mol. The zero-order valence-electron chi connectivity index (χ0n) is 13.8. The Morgan fingerprint density at radius 3 is 2.67 bits per heavy atom. The smallest absolute Gasteiger partial charge is 0.287 e. The van der Waals surface area contributed by atoms with Gasteiger partial charge in [0.1, 0.15) is 5.76 Å². The first kappa shape index (κ1) is 16.8. The van der Waals surface area contributed by atoms with Crippen molar-refractivity contribution in [3.05, 3.63) is 46.0 Å². The van der Waals surface area contributed by atoms with Gasteiger partial charge in [-0.25, -0.2) is 0 Å². The summed E-state index contributed by atoms with van der Waals surface area (Å²) < 4.78 is 5.51. The van der Waals surface area contributed by atoms with Crippen LogP contribution in [-0.2, 0) is 16.8 Å². The Hall–Kier alpha value is -2.08. The van der Waals surface area contributed by atoms with Gasteiger partial charge in [-0.1, -0.05) is 18.9 Å². The number of nitrogens with one attached hydrogen (secondary N) is 2. The molecule has 0 bridgehead atoms. The van der Waals surface area contributed by atoms with Gasteiger partial charge in [-0.05, 0) is 36.4 Å². The number of hydrogen-bond donors (Lipinski definition) is 2. The lowest BCUT2D eigenvalue weighted by Crippen LogP contribution is -2.38. The SMILES string of the molecule is CC(=O)NCc1ccc(C(=O)NCC2(c3cccs3)CCCC2)o1. The first-order chi connectivity index (χ1) is 11.6. The van der Waals surface area contributed by atoms with Crippen molar-refractivity contribution in [2.75, 3.05) is 6.54 Å². The Labute approximate surface area is 145 Å². The summed E-state index contributed by atoms with van der Waals surface area (Å²) in [4.78, 5) is 24.7. The molecule has 1 fully saturated rings. The van der Waals surface area contributed by atoms with Crippen LogP contribution in [0.1, 0.15) is 53.8 Å². The zero-order valence-corrected chi connectivity index (χ0v) is 14.6. The van der Waals surface area contributed by atoms with Crippen molar-refractivity contribution in [3.8, 4) is 0 Å². The van der Waals surface area contributed by atoms with E-state index in [0.717, 1.165) is 12.8 Å². The lowest BCUT2D eigenvalue weighted by Gasteiger charge is -2.28. The summed E-state index contributed by atoms with van der Waals surface area (Å²) in [5.74, 6) is 0.530. The van der Waals surface area contributed by atoms with Crippen LogP contribution in [0.4, 0.5) is 0 Å². The second-order valence-electron chi connectivity index (χ2n) is 6.32. The van der Waals surface area contributed by atoms with Crippen molar-refractivity contribution >= 4 is 23.2 Å². The molecule has 0 radical (unpaired) electrons. The van der Waals surface area contributed by atoms with Gasteiger partial charge in [0.2, 0.25) is 5.91 Å². The van der Waals surface area contributed by atoms with Gasteiger partial charge >= 0.3 is 0 Å². The summed E-state index contributed by atoms with van der Waals surface area (Å²) in [7, 11) is 0. The normalized spacial score (nSPS) is 16.0. The molecular formula is C18H22N2O3S. The fourth-order valence-electron chi connectivity index (χ4n) is 3.29. The first-order valence-corrected chi connectivity index (χ1v) is 9.12. The third kappa shape index (κ3) is 3.70. The Kier molecular flexibility index (Phi) is 5.04. The topological polar surface area (TPSA) is 71.3 Å². The fraction of sp³-hybridized carbons (Fsp3) is 0.444. The van der Waals surface area contributed by atoms with E-state index in [1.807, 2.05) is 0 Å². The number of thiophene rings is 1. The Morgan fingerprint density at radius 1 is 1.21 bits per heavy atom. The van der Waals surface area contributed by atoms with Crippen molar-refractivity contribution < 1.29 is 14.0 Å². The van der Waals surface area contributed by atoms with E-state index < -0.39 is 0 Å². The number of carbonyl (C=O) groups excluding carboxylic acids is 2. The maximum Gasteiger partial charge on any atom is 0.287 e. The number of furan rings is 1. The van der Waals surface area contributed by atoms with Gasteiger partial charge in [0.25, 0.3) is 5.91 Å². The van der Waals surface area contributed by atoms with Gasteiger partial charge in [-0.15, -0.1) is 11.3 Å². The van der Waals surface area contributed by atoms with Crippen LogP contribution >= 0.6 is 11.3 Å². The molecule has 24 heavy (non-hydrogen) atoms. The minimum Gasteiger partial charge on any atom is -0.454 e. The Morgan fingerprint density at radius 2 is 2.00 bits per heavy atom. The third-order valence-electron chi connectivity index (χ3n) is 4.59. The van der Waals surface area contributed by atoms with Crippen LogP contribution in [0.3, 0.4) is 0 Å². The molecule has 1 saturated carbocycles. The lowest BCUT2D eigenvalue weighted by atomic mass is 9.84. The summed E-state index contributed by atoms with van der Waals surface area (Å²) >= 11 is 1.76. The lowest BCUT2D eigenvalue weighted by molar-refractivity contribution is -0.119. The van der Waals surface area contributed by atoms with Crippen LogP contribution in [0.5, 0.6) is 0 Å². The molecule has 0 aliphatic heterocycles. The van der Waals surface area contributed by atoms with Gasteiger partial charge in [0.05, 0.1) is 6.54 Å². The van der Waals surface area contributed by atoms with E-state index >= 15 is 0 Å². The van der Waals surface area contributed by atoms with Crippen molar-refractivity contribution in [2.24, 2.45) is 0 Å². The standard InChI is InChI=1S/C18H22N2O3S/c1-13(21)19-11-14-6-7-15(23-14)17(22)20-12-18(8-2-3-9-18)16-5-4-10-24-16/h4-7,10H,2-3,8-9,11-12H2,1H3,(H,19,21)(H,20,22). The second kappa shape index (κ2) is 7.21. The van der Waals surface area contributed by atoms with Crippen molar-refractivity contribution in [1.29, 1.82) is 0 Å². The maximum atomic E-state index is 12.4. The first-order valence-electron chi connectivity index (χ1n) is 8.24. The zero-order chi connectivity index (χ0) is 17.0. The van der Waals surface area contributed by atoms with E-state index in [9.17, 15) is 9.59 Å². The number of amides is 2. The minimum atomic E-state index is -0.202. The van der Waals surface area contributed by atoms with Gasteiger partial charge in [-0.3, -0.25) is 9.59 Å². The van der Waals surface area contributed by atoms with Gasteiger partial charge in [0.15, 0.2) is 5.76 Å². The molecule has 6 heteroatoms. The van der Waals surface area contributed by atoms with Crippen LogP contribution in [0.25, 0.3) is 0 Å². The molecule has 1 aliphatic rings. The Bertz CT molecular complexity index is 700. The molecule has 2 amide bonds. The molecule has 0 saturated heterocycles. The predicted molar refractivity (Wildman–Crippen MR) is 93.0 cm³/mol. The molecule has 2 N–H and O–H groups in total. The number of rotatable bonds is 6. The highest BCUT2D eigenvalue weighted by Crippen LogP contribution is 2.42. The number of carbonyl (C=O) groups is 2. The minimum absolute atomic E-state index is 0.0649. The average molecular weight is 346 g/mol. The van der Waals surface area contributed by atoms with Crippen LogP contribution in [0.2, 0.25) is 0 Å². The highest BCUT2D eigenvalue weighted by atomic mass is 32.1. The molecule has 2 heterocycles. The maximum absolute atomic E-state index is 12.4. The molecule has 1 aliphatic carbocycles. The summed E-state index contributed by atoms with van der Waals surface area (Å²) in [6.45, 7) is 2.37. The van der Waals surface area contributed by atoms with Crippen molar-refractivity contribution in [3.63, 3.8) is 0 Å². The molecule has 0 atom stereocenters. The molecule has 0 aromatic carbocycles. The molecule has 2 aromatic rings. The second-order valence-corrected chi connectivity index (χ2v) is 7.27. The van der Waals surface area contributed by atoms with Gasteiger partial charge < -0.3 is 15.1 Å². The summed E-state index contributed by atoms with van der Waals surface area (Å²) in [6.07, 6.45) is 4.63. The van der Waals surface area contributed by atoms with E-state index in [0.29, 0.717) is 18.8 Å². The summed E-state index contributed by atoms with van der Waals surface area (Å²) in [5.41, 5.74) is 0.0649. The molecule has 0 unspecified atom stereocenters. The van der Waals surface area contributed by atoms with Crippen LogP contribution in [0, 0.1) is 0 Å². The van der Waals surface area contributed by atoms with E-state index in [2.05, 4.69) is 28.1 Å². The molecule has 0 spiro atoms. The molecule has 2 aromatic heterocycles. The van der Waals surface area contributed by atoms with E-state index in [-0.39, 0.29) is 23.0 Å². The number of hydrogen-bond acceptors (Lipinski definition) is 4. The van der Waals surface area contributed by atoms with E-state index in [1.54, 1.807) is 23.5 Å². The fourth-order valence-corrected chi connectivity index (χ4v) is 4.27. The van der Waals surface area contributed by atoms with E-state index in [1.165, 1.54) is 24.6 Å². The summed E-state index contributed by atoms with van der Waals surface area (Å²) in [6, 6.07) is 7.61. The largest absolute Gasteiger partial charge is 0.454 e. The van der Waals surface area contributed by atoms with Crippen molar-refractivity contribution in [2.45, 2.75) is 44.6 Å². The van der Waals surface area contributed by atoms with E-state index in [4.69, 9.17) is 4.42 Å². The molecule has 3 rings (SSSR count). The quantitative estimate of drug-likeness (QED) is 0.843. The van der Waals surface area contributed by atoms with Crippen LogP contribution < -0.4 is 10.6 Å². The van der Waals surface area contributed by atoms with Crippen LogP contribution in [0.15, 0.2) is 34.1 Å². The van der Waals surface area contributed by atoms with Gasteiger partial charge in [-0.2, -0.15) is 0 Å².